The van der Waals surface area contributed by atoms with E-state index in [4.69, 9.17) is 5.73 Å². The largest absolute Gasteiger partial charge is 0.341 e. The van der Waals surface area contributed by atoms with Crippen LogP contribution >= 0.6 is 15.9 Å². The third-order valence-corrected chi connectivity index (χ3v) is 5.06. The summed E-state index contributed by atoms with van der Waals surface area (Å²) in [4.78, 5) is 7.56. The summed E-state index contributed by atoms with van der Waals surface area (Å²) >= 11 is 3.19. The molecule has 0 radical (unpaired) electrons. The molecular weight excluding hydrogens is 321 g/mol. The summed E-state index contributed by atoms with van der Waals surface area (Å²) in [5, 5.41) is 0. The van der Waals surface area contributed by atoms with E-state index >= 15 is 0 Å². The van der Waals surface area contributed by atoms with E-state index in [1.54, 1.807) is 6.07 Å². The molecule has 0 saturated heterocycles. The van der Waals surface area contributed by atoms with Crippen LogP contribution in [0, 0.1) is 17.7 Å². The van der Waals surface area contributed by atoms with E-state index in [-0.39, 0.29) is 11.9 Å². The van der Waals surface area contributed by atoms with Gasteiger partial charge in [-0.1, -0.05) is 19.8 Å². The Balaban J connectivity index is 1.88. The maximum absolute atomic E-state index is 14.0. The van der Waals surface area contributed by atoms with Gasteiger partial charge in [-0.05, 0) is 52.7 Å². The van der Waals surface area contributed by atoms with Gasteiger partial charge in [0.25, 0.3) is 0 Å². The number of hydrogen-bond acceptors (Lipinski definition) is 2. The molecule has 0 aliphatic heterocycles. The highest BCUT2D eigenvalue weighted by Crippen LogP contribution is 2.35. The number of nitrogens with two attached hydrogens (primary N) is 1. The minimum absolute atomic E-state index is 0.131. The van der Waals surface area contributed by atoms with Gasteiger partial charge in [-0.15, -0.1) is 0 Å². The van der Waals surface area contributed by atoms with Crippen molar-refractivity contribution in [3.63, 3.8) is 0 Å². The van der Waals surface area contributed by atoms with E-state index in [9.17, 15) is 4.39 Å². The highest BCUT2D eigenvalue weighted by Gasteiger charge is 2.27. The zero-order valence-electron chi connectivity index (χ0n) is 11.5. The number of nitrogens with one attached hydrogen (secondary N) is 1. The lowest BCUT2D eigenvalue weighted by molar-refractivity contribution is 0.252. The molecule has 1 saturated carbocycles. The Hall–Kier alpha value is -0.940. The Bertz CT molecular complexity index is 617. The van der Waals surface area contributed by atoms with Crippen molar-refractivity contribution in [3.05, 3.63) is 28.2 Å². The molecule has 1 atom stereocenters. The van der Waals surface area contributed by atoms with Crippen LogP contribution in [-0.4, -0.2) is 9.97 Å². The summed E-state index contributed by atoms with van der Waals surface area (Å²) in [7, 11) is 0. The zero-order chi connectivity index (χ0) is 14.3. The first-order valence-corrected chi connectivity index (χ1v) is 7.94. The summed E-state index contributed by atoms with van der Waals surface area (Å²) in [6.07, 6.45) is 4.70. The third kappa shape index (κ3) is 2.49. The van der Waals surface area contributed by atoms with Crippen LogP contribution in [0.5, 0.6) is 0 Å². The van der Waals surface area contributed by atoms with Gasteiger partial charge in [-0.2, -0.15) is 0 Å². The van der Waals surface area contributed by atoms with Gasteiger partial charge in [0.15, 0.2) is 5.82 Å². The molecule has 3 rings (SSSR count). The fourth-order valence-electron chi connectivity index (χ4n) is 3.06. The molecule has 1 aliphatic carbocycles. The van der Waals surface area contributed by atoms with Crippen LogP contribution in [0.15, 0.2) is 16.6 Å². The Morgan fingerprint density at radius 1 is 1.35 bits per heavy atom. The molecule has 1 fully saturated rings. The number of nitrogens with zero attached hydrogens (tertiary/aromatic N) is 1. The minimum atomic E-state index is -0.325. The van der Waals surface area contributed by atoms with Crippen molar-refractivity contribution in [1.82, 2.24) is 9.97 Å². The molecule has 0 spiro atoms. The molecule has 1 heterocycles. The molecule has 0 amide bonds. The fourth-order valence-corrected chi connectivity index (χ4v) is 3.38. The fraction of sp³-hybridized carbons (Fsp3) is 0.533. The van der Waals surface area contributed by atoms with Crippen molar-refractivity contribution in [3.8, 4) is 0 Å². The van der Waals surface area contributed by atoms with Gasteiger partial charge in [-0.25, -0.2) is 9.37 Å². The normalized spacial score (nSPS) is 25.0. The number of hydrogen-bond donors (Lipinski definition) is 2. The molecular formula is C15H19BrFN3. The average Bonchev–Trinajstić information content (AvgIpc) is 2.88. The molecule has 5 heteroatoms. The number of rotatable bonds is 2. The van der Waals surface area contributed by atoms with Crippen LogP contribution in [0.3, 0.4) is 0 Å². The van der Waals surface area contributed by atoms with Crippen molar-refractivity contribution < 1.29 is 4.39 Å². The van der Waals surface area contributed by atoms with Gasteiger partial charge < -0.3 is 10.7 Å². The Labute approximate surface area is 126 Å². The second-order valence-electron chi connectivity index (χ2n) is 5.93. The van der Waals surface area contributed by atoms with E-state index in [1.807, 2.05) is 6.07 Å². The molecule has 20 heavy (non-hydrogen) atoms. The topological polar surface area (TPSA) is 54.7 Å². The average molecular weight is 340 g/mol. The van der Waals surface area contributed by atoms with Crippen LogP contribution in [-0.2, 0) is 0 Å². The second-order valence-corrected chi connectivity index (χ2v) is 6.78. The smallest absolute Gasteiger partial charge is 0.165 e. The number of benzene rings is 1. The van der Waals surface area contributed by atoms with Gasteiger partial charge >= 0.3 is 0 Å². The summed E-state index contributed by atoms with van der Waals surface area (Å²) in [6.45, 7) is 2.29. The summed E-state index contributed by atoms with van der Waals surface area (Å²) in [5.41, 5.74) is 7.42. The summed E-state index contributed by atoms with van der Waals surface area (Å²) < 4.78 is 14.4. The monoisotopic (exact) mass is 339 g/mol. The molecule has 3 nitrogen and oxygen atoms in total. The Morgan fingerprint density at radius 3 is 2.75 bits per heavy atom. The van der Waals surface area contributed by atoms with E-state index < -0.39 is 0 Å². The van der Waals surface area contributed by atoms with E-state index in [2.05, 4.69) is 32.8 Å². The van der Waals surface area contributed by atoms with Crippen LogP contribution in [0.2, 0.25) is 0 Å². The van der Waals surface area contributed by atoms with E-state index in [1.165, 1.54) is 12.8 Å². The third-order valence-electron chi connectivity index (χ3n) is 4.45. The van der Waals surface area contributed by atoms with Gasteiger partial charge in [0.1, 0.15) is 11.3 Å². The first kappa shape index (κ1) is 14.0. The second kappa shape index (κ2) is 5.45. The van der Waals surface area contributed by atoms with E-state index in [0.29, 0.717) is 27.2 Å². The minimum Gasteiger partial charge on any atom is -0.341 e. The Morgan fingerprint density at radius 2 is 2.05 bits per heavy atom. The summed E-state index contributed by atoms with van der Waals surface area (Å²) in [6, 6.07) is 3.38. The SMILES string of the molecule is CC1CCC([C@H](N)c2nc3c(F)c(Br)ccc3[nH]2)CC1. The lowest BCUT2D eigenvalue weighted by atomic mass is 9.79. The molecule has 1 aliphatic rings. The molecule has 2 aromatic rings. The lowest BCUT2D eigenvalue weighted by Crippen LogP contribution is -2.26. The molecule has 1 aromatic carbocycles. The maximum atomic E-state index is 14.0. The lowest BCUT2D eigenvalue weighted by Gasteiger charge is -2.29. The van der Waals surface area contributed by atoms with Gasteiger partial charge in [0.2, 0.25) is 0 Å². The highest BCUT2D eigenvalue weighted by atomic mass is 79.9. The van der Waals surface area contributed by atoms with Crippen molar-refractivity contribution in [1.29, 1.82) is 0 Å². The van der Waals surface area contributed by atoms with Crippen LogP contribution < -0.4 is 5.73 Å². The zero-order valence-corrected chi connectivity index (χ0v) is 13.1. The quantitative estimate of drug-likeness (QED) is 0.857. The first-order chi connectivity index (χ1) is 9.56. The molecule has 108 valence electrons. The van der Waals surface area contributed by atoms with Gasteiger partial charge in [0.05, 0.1) is 16.0 Å². The molecule has 3 N–H and O–H groups in total. The number of aromatic nitrogens is 2. The number of fused-ring (bicyclic) bond motifs is 1. The predicted octanol–water partition coefficient (Wildman–Crippen LogP) is 4.29. The molecule has 0 unspecified atom stereocenters. The van der Waals surface area contributed by atoms with Gasteiger partial charge in [-0.3, -0.25) is 0 Å². The van der Waals surface area contributed by atoms with Crippen LogP contribution in [0.1, 0.15) is 44.5 Å². The maximum Gasteiger partial charge on any atom is 0.165 e. The predicted molar refractivity (Wildman–Crippen MR) is 81.8 cm³/mol. The highest BCUT2D eigenvalue weighted by molar-refractivity contribution is 9.10. The van der Waals surface area contributed by atoms with Crippen molar-refractivity contribution in [2.75, 3.05) is 0 Å². The number of aromatic amines is 1. The van der Waals surface area contributed by atoms with Crippen LogP contribution in [0.4, 0.5) is 4.39 Å². The Kier molecular flexibility index (Phi) is 3.82. The van der Waals surface area contributed by atoms with E-state index in [0.717, 1.165) is 18.8 Å². The molecule has 0 bridgehead atoms. The van der Waals surface area contributed by atoms with Crippen molar-refractivity contribution in [2.45, 2.75) is 38.6 Å². The van der Waals surface area contributed by atoms with Crippen molar-refractivity contribution >= 4 is 27.0 Å². The van der Waals surface area contributed by atoms with Crippen LogP contribution in [0.25, 0.3) is 11.0 Å². The number of H-pyrrole nitrogens is 1. The number of imidazole rings is 1. The molecule has 1 aromatic heterocycles. The van der Waals surface area contributed by atoms with Gasteiger partial charge in [0, 0.05) is 0 Å². The standard InChI is InChI=1S/C15H19BrFN3/c1-8-2-4-9(5-3-8)13(18)15-19-11-7-6-10(16)12(17)14(11)20-15/h6-9,13H,2-5,18H2,1H3,(H,19,20)/t8?,9?,13-/m0/s1. The number of halogens is 2. The summed E-state index contributed by atoms with van der Waals surface area (Å²) in [5.74, 6) is 1.62. The first-order valence-electron chi connectivity index (χ1n) is 7.15. The van der Waals surface area contributed by atoms with Crippen molar-refractivity contribution in [2.24, 2.45) is 17.6 Å².